The van der Waals surface area contributed by atoms with Crippen LogP contribution in [0, 0.1) is 17.2 Å². The number of guanidine groups is 1. The number of ether oxygens (including phenoxy) is 1. The molecule has 2 aliphatic carbocycles. The molecule has 1 atom stereocenters. The maximum atomic E-state index is 14.4. The Morgan fingerprint density at radius 2 is 2.07 bits per heavy atom. The van der Waals surface area contributed by atoms with Gasteiger partial charge in [-0.2, -0.15) is 0 Å². The van der Waals surface area contributed by atoms with E-state index >= 15 is 0 Å². The van der Waals surface area contributed by atoms with Gasteiger partial charge in [0.25, 0.3) is 0 Å². The van der Waals surface area contributed by atoms with Crippen LogP contribution in [-0.2, 0) is 9.84 Å². The molecule has 2 saturated carbocycles. The lowest BCUT2D eigenvalue weighted by Gasteiger charge is -2.20. The predicted molar refractivity (Wildman–Crippen MR) is 129 cm³/mol. The van der Waals surface area contributed by atoms with Gasteiger partial charge in [-0.1, -0.05) is 6.07 Å². The highest BCUT2D eigenvalue weighted by Crippen LogP contribution is 2.46. The maximum Gasteiger partial charge on any atom is 0.191 e. The van der Waals surface area contributed by atoms with Crippen LogP contribution < -0.4 is 15.4 Å². The van der Waals surface area contributed by atoms with Gasteiger partial charge in [0.2, 0.25) is 0 Å². The highest BCUT2D eigenvalue weighted by atomic mass is 127. The zero-order valence-corrected chi connectivity index (χ0v) is 21.1. The second kappa shape index (κ2) is 10.5. The average molecular weight is 553 g/mol. The lowest BCUT2D eigenvalue weighted by atomic mass is 10.1. The van der Waals surface area contributed by atoms with E-state index in [0.717, 1.165) is 18.4 Å². The van der Waals surface area contributed by atoms with Crippen LogP contribution in [0.15, 0.2) is 23.2 Å². The Bertz CT molecular complexity index is 855. The number of nitrogens with zero attached hydrogens (tertiary/aromatic N) is 1. The average Bonchev–Trinajstić information content (AvgIpc) is 3.55. The topological polar surface area (TPSA) is 79.8 Å². The zero-order valence-electron chi connectivity index (χ0n) is 17.9. The van der Waals surface area contributed by atoms with Gasteiger partial charge >= 0.3 is 0 Å². The van der Waals surface area contributed by atoms with Crippen LogP contribution in [-0.4, -0.2) is 46.1 Å². The summed E-state index contributed by atoms with van der Waals surface area (Å²) in [5.41, 5.74) is 0.565. The summed E-state index contributed by atoms with van der Waals surface area (Å²) in [4.78, 5) is 4.60. The minimum atomic E-state index is -3.02. The van der Waals surface area contributed by atoms with Crippen LogP contribution in [0.25, 0.3) is 0 Å². The third-order valence-corrected chi connectivity index (χ3v) is 6.56. The SMILES string of the molecule is CCNC(=NCC1(CS(C)(=O)=O)CC1)NC(C)c1ccc(OCC2CC2)c(F)c1.I. The highest BCUT2D eigenvalue weighted by molar-refractivity contribution is 14.0. The molecule has 0 spiro atoms. The fourth-order valence-corrected chi connectivity index (χ4v) is 4.82. The molecule has 0 amide bonds. The summed E-state index contributed by atoms with van der Waals surface area (Å²) in [5, 5.41) is 6.47. The van der Waals surface area contributed by atoms with Crippen molar-refractivity contribution in [1.29, 1.82) is 0 Å². The van der Waals surface area contributed by atoms with Crippen molar-refractivity contribution in [2.45, 2.75) is 45.6 Å². The van der Waals surface area contributed by atoms with Gasteiger partial charge in [-0.15, -0.1) is 24.0 Å². The molecule has 1 unspecified atom stereocenters. The molecule has 2 fully saturated rings. The molecule has 1 aromatic rings. The lowest BCUT2D eigenvalue weighted by Crippen LogP contribution is -2.39. The summed E-state index contributed by atoms with van der Waals surface area (Å²) >= 11 is 0. The van der Waals surface area contributed by atoms with E-state index in [2.05, 4.69) is 15.6 Å². The summed E-state index contributed by atoms with van der Waals surface area (Å²) < 4.78 is 43.2. The number of aliphatic imine (C=N–C) groups is 1. The number of benzene rings is 1. The zero-order chi connectivity index (χ0) is 21.1. The van der Waals surface area contributed by atoms with Crippen LogP contribution in [0.4, 0.5) is 4.39 Å². The van der Waals surface area contributed by atoms with Crippen LogP contribution in [0.2, 0.25) is 0 Å². The molecule has 0 saturated heterocycles. The van der Waals surface area contributed by atoms with Crippen molar-refractivity contribution in [3.05, 3.63) is 29.6 Å². The Morgan fingerprint density at radius 3 is 2.60 bits per heavy atom. The Balaban J connectivity index is 0.00000320. The fourth-order valence-electron chi connectivity index (χ4n) is 3.33. The molecule has 6 nitrogen and oxygen atoms in total. The minimum absolute atomic E-state index is 0. The molecule has 3 rings (SSSR count). The van der Waals surface area contributed by atoms with Crippen molar-refractivity contribution >= 4 is 39.8 Å². The second-order valence-electron chi connectivity index (χ2n) is 8.58. The van der Waals surface area contributed by atoms with E-state index in [-0.39, 0.29) is 47.0 Å². The summed E-state index contributed by atoms with van der Waals surface area (Å²) in [6, 6.07) is 4.87. The van der Waals surface area contributed by atoms with Gasteiger partial charge in [0.15, 0.2) is 17.5 Å². The Labute approximate surface area is 196 Å². The van der Waals surface area contributed by atoms with Crippen molar-refractivity contribution in [3.63, 3.8) is 0 Å². The van der Waals surface area contributed by atoms with Crippen LogP contribution in [0.1, 0.15) is 51.1 Å². The summed E-state index contributed by atoms with van der Waals surface area (Å²) in [7, 11) is -3.02. The van der Waals surface area contributed by atoms with Crippen molar-refractivity contribution in [3.8, 4) is 5.75 Å². The van der Waals surface area contributed by atoms with Crippen LogP contribution in [0.5, 0.6) is 5.75 Å². The van der Waals surface area contributed by atoms with E-state index in [1.807, 2.05) is 19.9 Å². The quantitative estimate of drug-likeness (QED) is 0.263. The fraction of sp³-hybridized carbons (Fsp3) is 0.667. The largest absolute Gasteiger partial charge is 0.490 e. The summed E-state index contributed by atoms with van der Waals surface area (Å²) in [6.07, 6.45) is 5.37. The normalized spacial score (nSPS) is 18.9. The lowest BCUT2D eigenvalue weighted by molar-refractivity contribution is 0.285. The van der Waals surface area contributed by atoms with Crippen LogP contribution >= 0.6 is 24.0 Å². The van der Waals surface area contributed by atoms with E-state index in [9.17, 15) is 12.8 Å². The standard InChI is InChI=1S/C21H32FN3O3S.HI/c1-4-23-20(24-13-21(9-10-21)14-29(3,26)27)25-15(2)17-7-8-19(18(22)11-17)28-12-16-5-6-16;/h7-8,11,15-16H,4-6,9-10,12-14H2,1-3H3,(H2,23,24,25);1H. The molecule has 9 heteroatoms. The molecule has 0 aliphatic heterocycles. The first-order valence-corrected chi connectivity index (χ1v) is 12.4. The first-order chi connectivity index (χ1) is 13.7. The Morgan fingerprint density at radius 1 is 1.37 bits per heavy atom. The molecule has 170 valence electrons. The first kappa shape index (κ1) is 25.2. The van der Waals surface area contributed by atoms with E-state index in [1.54, 1.807) is 6.07 Å². The number of hydrogen-bond acceptors (Lipinski definition) is 4. The third kappa shape index (κ3) is 7.86. The van der Waals surface area contributed by atoms with Gasteiger partial charge in [-0.25, -0.2) is 12.8 Å². The van der Waals surface area contributed by atoms with Crippen molar-refractivity contribution in [1.82, 2.24) is 10.6 Å². The number of nitrogens with one attached hydrogen (secondary N) is 2. The van der Waals surface area contributed by atoms with Gasteiger partial charge in [0, 0.05) is 24.8 Å². The van der Waals surface area contributed by atoms with E-state index in [4.69, 9.17) is 4.74 Å². The highest BCUT2D eigenvalue weighted by Gasteiger charge is 2.45. The van der Waals surface area contributed by atoms with Gasteiger partial charge in [-0.05, 0) is 63.1 Å². The first-order valence-electron chi connectivity index (χ1n) is 10.3. The molecule has 0 bridgehead atoms. The van der Waals surface area contributed by atoms with E-state index in [1.165, 1.54) is 25.2 Å². The molecule has 0 heterocycles. The van der Waals surface area contributed by atoms with Gasteiger partial charge in [0.05, 0.1) is 18.4 Å². The predicted octanol–water partition coefficient (Wildman–Crippen LogP) is 3.67. The molecule has 2 aliphatic rings. The second-order valence-corrected chi connectivity index (χ2v) is 10.7. The van der Waals surface area contributed by atoms with E-state index < -0.39 is 9.84 Å². The third-order valence-electron chi connectivity index (χ3n) is 5.42. The van der Waals surface area contributed by atoms with Gasteiger partial charge in [-0.3, -0.25) is 4.99 Å². The number of rotatable bonds is 10. The molecule has 0 radical (unpaired) electrons. The van der Waals surface area contributed by atoms with Crippen molar-refractivity contribution < 1.29 is 17.5 Å². The molecular formula is C21H33FIN3O3S. The Hall–Kier alpha value is -1.10. The molecule has 0 aromatic heterocycles. The molecule has 30 heavy (non-hydrogen) atoms. The van der Waals surface area contributed by atoms with Crippen LogP contribution in [0.3, 0.4) is 0 Å². The van der Waals surface area contributed by atoms with Gasteiger partial charge in [0.1, 0.15) is 9.84 Å². The molecule has 1 aromatic carbocycles. The molecular weight excluding hydrogens is 520 g/mol. The van der Waals surface area contributed by atoms with Crippen molar-refractivity contribution in [2.75, 3.05) is 31.7 Å². The smallest absolute Gasteiger partial charge is 0.191 e. The monoisotopic (exact) mass is 553 g/mol. The number of hydrogen-bond donors (Lipinski definition) is 2. The minimum Gasteiger partial charge on any atom is -0.490 e. The van der Waals surface area contributed by atoms with Gasteiger partial charge < -0.3 is 15.4 Å². The number of sulfone groups is 1. The summed E-state index contributed by atoms with van der Waals surface area (Å²) in [5.74, 6) is 1.29. The number of halogens is 2. The summed E-state index contributed by atoms with van der Waals surface area (Å²) in [6.45, 7) is 5.63. The van der Waals surface area contributed by atoms with Crippen molar-refractivity contribution in [2.24, 2.45) is 16.3 Å². The van der Waals surface area contributed by atoms with E-state index in [0.29, 0.717) is 37.3 Å². The molecule has 2 N–H and O–H groups in total. The maximum absolute atomic E-state index is 14.4. The Kier molecular flexibility index (Phi) is 8.79.